The summed E-state index contributed by atoms with van der Waals surface area (Å²) in [6, 6.07) is 3.83. The number of anilines is 1. The van der Waals surface area contributed by atoms with E-state index >= 15 is 0 Å². The maximum atomic E-state index is 12.0. The number of hydrogen-bond acceptors (Lipinski definition) is 5. The number of esters is 1. The van der Waals surface area contributed by atoms with Crippen molar-refractivity contribution >= 4 is 11.7 Å². The van der Waals surface area contributed by atoms with Crippen molar-refractivity contribution in [1.82, 2.24) is 9.80 Å². The maximum absolute atomic E-state index is 12.0. The van der Waals surface area contributed by atoms with Gasteiger partial charge in [0, 0.05) is 37.4 Å². The molecule has 0 aromatic heterocycles. The zero-order valence-electron chi connectivity index (χ0n) is 15.8. The van der Waals surface area contributed by atoms with Crippen molar-refractivity contribution in [2.75, 3.05) is 58.7 Å². The van der Waals surface area contributed by atoms with Crippen molar-refractivity contribution in [2.45, 2.75) is 20.3 Å². The number of benzene rings is 1. The van der Waals surface area contributed by atoms with Gasteiger partial charge in [0.1, 0.15) is 0 Å². The molecule has 0 bridgehead atoms. The molecule has 5 heteroatoms. The SMILES string of the molecule is CCNc1cc(C#CCN2CCCN(C)CC2)cc(C(=O)OC)c1C. The van der Waals surface area contributed by atoms with E-state index in [1.165, 1.54) is 13.5 Å². The lowest BCUT2D eigenvalue weighted by atomic mass is 10.0. The first-order valence-corrected chi connectivity index (χ1v) is 8.91. The first kappa shape index (κ1) is 19.3. The zero-order valence-corrected chi connectivity index (χ0v) is 15.8. The van der Waals surface area contributed by atoms with Gasteiger partial charge in [0.15, 0.2) is 0 Å². The second-order valence-electron chi connectivity index (χ2n) is 6.45. The van der Waals surface area contributed by atoms with Crippen molar-refractivity contribution in [3.8, 4) is 11.8 Å². The molecule has 0 atom stereocenters. The van der Waals surface area contributed by atoms with Crippen molar-refractivity contribution in [1.29, 1.82) is 0 Å². The Balaban J connectivity index is 2.16. The Bertz CT molecular complexity index is 661. The zero-order chi connectivity index (χ0) is 18.2. The largest absolute Gasteiger partial charge is 0.465 e. The Labute approximate surface area is 151 Å². The van der Waals surface area contributed by atoms with E-state index in [4.69, 9.17) is 4.74 Å². The molecule has 1 fully saturated rings. The summed E-state index contributed by atoms with van der Waals surface area (Å²) in [7, 11) is 3.57. The average molecular weight is 343 g/mol. The molecule has 0 saturated carbocycles. The number of methoxy groups -OCH3 is 1. The molecule has 1 N–H and O–H groups in total. The highest BCUT2D eigenvalue weighted by Gasteiger charge is 2.14. The number of ether oxygens (including phenoxy) is 1. The van der Waals surface area contributed by atoms with Gasteiger partial charge in [-0.05, 0) is 51.6 Å². The summed E-state index contributed by atoms with van der Waals surface area (Å²) in [5, 5.41) is 3.30. The average Bonchev–Trinajstić information content (AvgIpc) is 2.81. The molecule has 1 heterocycles. The minimum Gasteiger partial charge on any atom is -0.465 e. The molecule has 0 radical (unpaired) electrons. The summed E-state index contributed by atoms with van der Waals surface area (Å²) in [4.78, 5) is 16.8. The van der Waals surface area contributed by atoms with Crippen LogP contribution in [0.3, 0.4) is 0 Å². The summed E-state index contributed by atoms with van der Waals surface area (Å²) < 4.78 is 4.90. The third-order valence-corrected chi connectivity index (χ3v) is 4.53. The minimum atomic E-state index is -0.323. The third kappa shape index (κ3) is 5.48. The summed E-state index contributed by atoms with van der Waals surface area (Å²) in [6.07, 6.45) is 1.18. The quantitative estimate of drug-likeness (QED) is 0.671. The second-order valence-corrected chi connectivity index (χ2v) is 6.45. The Morgan fingerprint density at radius 2 is 2.08 bits per heavy atom. The molecular weight excluding hydrogens is 314 g/mol. The van der Waals surface area contributed by atoms with Crippen LogP contribution < -0.4 is 5.32 Å². The van der Waals surface area contributed by atoms with Gasteiger partial charge in [0.05, 0.1) is 19.2 Å². The topological polar surface area (TPSA) is 44.8 Å². The van der Waals surface area contributed by atoms with E-state index in [0.29, 0.717) is 5.56 Å². The van der Waals surface area contributed by atoms with Gasteiger partial charge < -0.3 is 15.0 Å². The fourth-order valence-electron chi connectivity index (χ4n) is 2.99. The van der Waals surface area contributed by atoms with E-state index in [-0.39, 0.29) is 5.97 Å². The molecule has 1 saturated heterocycles. The van der Waals surface area contributed by atoms with Crippen LogP contribution in [-0.4, -0.2) is 69.2 Å². The molecule has 25 heavy (non-hydrogen) atoms. The monoisotopic (exact) mass is 343 g/mol. The van der Waals surface area contributed by atoms with Gasteiger partial charge in [0.2, 0.25) is 0 Å². The highest BCUT2D eigenvalue weighted by Crippen LogP contribution is 2.22. The van der Waals surface area contributed by atoms with Gasteiger partial charge in [-0.3, -0.25) is 4.90 Å². The molecule has 5 nitrogen and oxygen atoms in total. The molecule has 0 amide bonds. The summed E-state index contributed by atoms with van der Waals surface area (Å²) in [6.45, 7) is 9.88. The van der Waals surface area contributed by atoms with Gasteiger partial charge in [-0.15, -0.1) is 0 Å². The number of nitrogens with zero attached hydrogens (tertiary/aromatic N) is 2. The van der Waals surface area contributed by atoms with Crippen molar-refractivity contribution < 1.29 is 9.53 Å². The molecule has 2 rings (SSSR count). The Morgan fingerprint density at radius 1 is 1.28 bits per heavy atom. The molecule has 0 aliphatic carbocycles. The number of likely N-dealkylation sites (N-methyl/N-ethyl adjacent to an activating group) is 1. The van der Waals surface area contributed by atoms with E-state index in [9.17, 15) is 4.79 Å². The van der Waals surface area contributed by atoms with Crippen molar-refractivity contribution in [3.05, 3.63) is 28.8 Å². The van der Waals surface area contributed by atoms with E-state index in [2.05, 4.69) is 34.0 Å². The van der Waals surface area contributed by atoms with Crippen LogP contribution in [0.5, 0.6) is 0 Å². The van der Waals surface area contributed by atoms with Gasteiger partial charge in [-0.25, -0.2) is 4.79 Å². The predicted octanol–water partition coefficient (Wildman–Crippen LogP) is 2.20. The fraction of sp³-hybridized carbons (Fsp3) is 0.550. The lowest BCUT2D eigenvalue weighted by molar-refractivity contribution is 0.0600. The summed E-state index contributed by atoms with van der Waals surface area (Å²) in [5.74, 6) is 6.16. The second kappa shape index (κ2) is 9.45. The number of hydrogen-bond donors (Lipinski definition) is 1. The molecule has 1 aromatic carbocycles. The summed E-state index contributed by atoms with van der Waals surface area (Å²) in [5.41, 5.74) is 3.25. The van der Waals surface area contributed by atoms with Gasteiger partial charge in [0.25, 0.3) is 0 Å². The maximum Gasteiger partial charge on any atom is 0.338 e. The minimum absolute atomic E-state index is 0.323. The first-order chi connectivity index (χ1) is 12.0. The molecular formula is C20H29N3O2. The highest BCUT2D eigenvalue weighted by molar-refractivity contribution is 5.93. The van der Waals surface area contributed by atoms with E-state index in [1.807, 2.05) is 26.0 Å². The third-order valence-electron chi connectivity index (χ3n) is 4.53. The van der Waals surface area contributed by atoms with Gasteiger partial charge in [-0.2, -0.15) is 0 Å². The van der Waals surface area contributed by atoms with Gasteiger partial charge in [-0.1, -0.05) is 11.8 Å². The molecule has 0 spiro atoms. The Kier molecular flexibility index (Phi) is 7.30. The van der Waals surface area contributed by atoms with E-state index in [0.717, 1.165) is 56.1 Å². The standard InChI is InChI=1S/C20H29N3O2/c1-5-21-19-15-17(14-18(16(19)2)20(24)25-4)8-6-10-23-11-7-9-22(3)12-13-23/h14-15,21H,5,7,9-13H2,1-4H3. The van der Waals surface area contributed by atoms with Gasteiger partial charge >= 0.3 is 5.97 Å². The van der Waals surface area contributed by atoms with Crippen LogP contribution in [0.1, 0.15) is 34.8 Å². The fourth-order valence-corrected chi connectivity index (χ4v) is 2.99. The highest BCUT2D eigenvalue weighted by atomic mass is 16.5. The summed E-state index contributed by atoms with van der Waals surface area (Å²) >= 11 is 0. The van der Waals surface area contributed by atoms with Crippen molar-refractivity contribution in [3.63, 3.8) is 0 Å². The number of carbonyl (C=O) groups is 1. The predicted molar refractivity (Wildman–Crippen MR) is 102 cm³/mol. The smallest absolute Gasteiger partial charge is 0.338 e. The normalized spacial score (nSPS) is 15.8. The van der Waals surface area contributed by atoms with Crippen LogP contribution in [-0.2, 0) is 4.74 Å². The Hall–Kier alpha value is -2.03. The molecule has 1 aliphatic rings. The first-order valence-electron chi connectivity index (χ1n) is 8.91. The molecule has 136 valence electrons. The van der Waals surface area contributed by atoms with Crippen LogP contribution in [0.25, 0.3) is 0 Å². The molecule has 0 unspecified atom stereocenters. The van der Waals surface area contributed by atoms with Crippen molar-refractivity contribution in [2.24, 2.45) is 0 Å². The Morgan fingerprint density at radius 3 is 2.80 bits per heavy atom. The van der Waals surface area contributed by atoms with Crippen LogP contribution in [0, 0.1) is 18.8 Å². The number of carbonyl (C=O) groups excluding carboxylic acids is 1. The lowest BCUT2D eigenvalue weighted by Crippen LogP contribution is -2.29. The number of nitrogens with one attached hydrogen (secondary N) is 1. The van der Waals surface area contributed by atoms with Crippen LogP contribution in [0.4, 0.5) is 5.69 Å². The van der Waals surface area contributed by atoms with Crippen LogP contribution in [0.15, 0.2) is 12.1 Å². The molecule has 1 aliphatic heterocycles. The van der Waals surface area contributed by atoms with Crippen LogP contribution >= 0.6 is 0 Å². The lowest BCUT2D eigenvalue weighted by Gasteiger charge is -2.16. The van der Waals surface area contributed by atoms with E-state index < -0.39 is 0 Å². The van der Waals surface area contributed by atoms with Crippen LogP contribution in [0.2, 0.25) is 0 Å². The van der Waals surface area contributed by atoms with E-state index in [1.54, 1.807) is 0 Å². The number of rotatable bonds is 4. The molecule has 1 aromatic rings.